The Morgan fingerprint density at radius 2 is 0.873 bits per heavy atom. The maximum absolute atomic E-state index is 6.66. The smallest absolute Gasteiger partial charge is 0.143 e. The highest BCUT2D eigenvalue weighted by molar-refractivity contribution is 6.12. The molecule has 0 N–H and O–H groups in total. The van der Waals surface area contributed by atoms with E-state index in [0.29, 0.717) is 0 Å². The summed E-state index contributed by atoms with van der Waals surface area (Å²) in [5.41, 5.74) is 17.6. The van der Waals surface area contributed by atoms with E-state index in [1.54, 1.807) is 0 Å². The Morgan fingerprint density at radius 1 is 0.317 bits per heavy atom. The van der Waals surface area contributed by atoms with Crippen molar-refractivity contribution in [2.45, 2.75) is 0 Å². The second-order valence-corrected chi connectivity index (χ2v) is 16.1. The lowest BCUT2D eigenvalue weighted by Gasteiger charge is -2.28. The fraction of sp³-hybridized carbons (Fsp3) is 0. The first-order valence-electron chi connectivity index (χ1n) is 21.5. The van der Waals surface area contributed by atoms with E-state index in [0.717, 1.165) is 66.8 Å². The van der Waals surface area contributed by atoms with Gasteiger partial charge < -0.3 is 13.9 Å². The molecule has 10 aromatic carbocycles. The van der Waals surface area contributed by atoms with Crippen LogP contribution in [0.5, 0.6) is 0 Å². The van der Waals surface area contributed by atoms with Gasteiger partial charge in [-0.3, -0.25) is 0 Å². The van der Waals surface area contributed by atoms with E-state index in [1.807, 2.05) is 6.07 Å². The first-order valence-corrected chi connectivity index (χ1v) is 21.5. The molecule has 3 nitrogen and oxygen atoms in total. The number of hydrogen-bond donors (Lipinski definition) is 0. The minimum absolute atomic E-state index is 0.884. The Bertz CT molecular complexity index is 3620. The quantitative estimate of drug-likeness (QED) is 0.153. The molecule has 0 aliphatic rings. The van der Waals surface area contributed by atoms with Crippen LogP contribution in [0.15, 0.2) is 247 Å². The highest BCUT2D eigenvalue weighted by Gasteiger charge is 2.22. The summed E-state index contributed by atoms with van der Waals surface area (Å²) >= 11 is 0. The molecule has 12 aromatic rings. The summed E-state index contributed by atoms with van der Waals surface area (Å²) in [5.74, 6) is 0. The predicted molar refractivity (Wildman–Crippen MR) is 264 cm³/mol. The van der Waals surface area contributed by atoms with Gasteiger partial charge in [-0.15, -0.1) is 0 Å². The Balaban J connectivity index is 1.07. The van der Waals surface area contributed by atoms with Gasteiger partial charge in [-0.25, -0.2) is 0 Å². The zero-order chi connectivity index (χ0) is 41.7. The number of hydrogen-bond acceptors (Lipinski definition) is 2. The molecule has 0 aliphatic heterocycles. The molecule has 0 radical (unpaired) electrons. The zero-order valence-electron chi connectivity index (χ0n) is 34.4. The lowest BCUT2D eigenvalue weighted by molar-refractivity contribution is 0.670. The van der Waals surface area contributed by atoms with Gasteiger partial charge in [-0.2, -0.15) is 0 Å². The highest BCUT2D eigenvalue weighted by Crippen LogP contribution is 2.46. The van der Waals surface area contributed by atoms with Crippen LogP contribution in [0.25, 0.3) is 93.9 Å². The molecule has 0 saturated carbocycles. The van der Waals surface area contributed by atoms with Crippen LogP contribution in [-0.2, 0) is 0 Å². The first kappa shape index (κ1) is 36.5. The molecular weight excluding hydrogens is 765 g/mol. The van der Waals surface area contributed by atoms with Gasteiger partial charge >= 0.3 is 0 Å². The zero-order valence-corrected chi connectivity index (χ0v) is 34.4. The predicted octanol–water partition coefficient (Wildman–Crippen LogP) is 16.8. The van der Waals surface area contributed by atoms with Crippen LogP contribution in [0, 0.1) is 0 Å². The first-order chi connectivity index (χ1) is 31.3. The second kappa shape index (κ2) is 15.3. The van der Waals surface area contributed by atoms with E-state index in [9.17, 15) is 0 Å². The number of para-hydroxylation sites is 4. The largest absolute Gasteiger partial charge is 0.455 e. The molecule has 0 unspecified atom stereocenters. The molecule has 0 bridgehead atoms. The lowest BCUT2D eigenvalue weighted by Crippen LogP contribution is -2.11. The van der Waals surface area contributed by atoms with Crippen molar-refractivity contribution in [3.05, 3.63) is 243 Å². The molecule has 296 valence electrons. The third-order valence-corrected chi connectivity index (χ3v) is 12.4. The summed E-state index contributed by atoms with van der Waals surface area (Å²) < 4.78 is 9.09. The van der Waals surface area contributed by atoms with Gasteiger partial charge in [0.05, 0.1) is 16.7 Å². The van der Waals surface area contributed by atoms with Gasteiger partial charge in [0.25, 0.3) is 0 Å². The summed E-state index contributed by atoms with van der Waals surface area (Å²) in [7, 11) is 0. The van der Waals surface area contributed by atoms with Gasteiger partial charge in [0.1, 0.15) is 11.2 Å². The van der Waals surface area contributed by atoms with Crippen molar-refractivity contribution in [2.75, 3.05) is 4.90 Å². The standard InChI is InChI=1S/C60H40N2O/c1-3-17-41(18-4-1)42-33-35-45(36-34-42)61(56-30-12-10-26-51(56)54-28-16-29-55-53-27-11-14-32-59(53)63-60(54)55)47-37-38-52-50-25-9-13-31-57(50)62(58(52)40-47)46-22-15-21-44(39-46)49-24-8-7-23-48(49)43-19-5-2-6-20-43/h1-40H. The van der Waals surface area contributed by atoms with E-state index in [1.165, 1.54) is 44.2 Å². The second-order valence-electron chi connectivity index (χ2n) is 16.1. The highest BCUT2D eigenvalue weighted by atomic mass is 16.3. The van der Waals surface area contributed by atoms with Crippen LogP contribution in [0.1, 0.15) is 0 Å². The molecular formula is C60H40N2O. The SMILES string of the molecule is c1ccc(-c2ccc(N(c3ccc4c5ccccc5n(-c5cccc(-c6ccccc6-c6ccccc6)c5)c4c3)c3ccccc3-c3cccc4c3oc3ccccc34)cc2)cc1. The molecule has 0 saturated heterocycles. The van der Waals surface area contributed by atoms with Crippen LogP contribution < -0.4 is 4.90 Å². The summed E-state index contributed by atoms with van der Waals surface area (Å²) in [6, 6.07) is 87.1. The lowest BCUT2D eigenvalue weighted by atomic mass is 9.94. The van der Waals surface area contributed by atoms with Crippen molar-refractivity contribution in [2.24, 2.45) is 0 Å². The number of furan rings is 1. The molecule has 0 spiro atoms. The number of aromatic nitrogens is 1. The maximum atomic E-state index is 6.66. The fourth-order valence-corrected chi connectivity index (χ4v) is 9.51. The number of rotatable bonds is 8. The van der Waals surface area contributed by atoms with Crippen LogP contribution in [0.4, 0.5) is 17.1 Å². The van der Waals surface area contributed by atoms with Crippen LogP contribution in [0.3, 0.4) is 0 Å². The summed E-state index contributed by atoms with van der Waals surface area (Å²) in [6.07, 6.45) is 0. The molecule has 3 heteroatoms. The van der Waals surface area contributed by atoms with E-state index in [4.69, 9.17) is 4.42 Å². The molecule has 0 aliphatic carbocycles. The molecule has 12 rings (SSSR count). The van der Waals surface area contributed by atoms with Crippen LogP contribution >= 0.6 is 0 Å². The average Bonchev–Trinajstić information content (AvgIpc) is 3.91. The van der Waals surface area contributed by atoms with Gasteiger partial charge in [-0.1, -0.05) is 188 Å². The van der Waals surface area contributed by atoms with E-state index >= 15 is 0 Å². The fourth-order valence-electron chi connectivity index (χ4n) is 9.51. The average molecular weight is 805 g/mol. The molecule has 0 fully saturated rings. The molecule has 63 heavy (non-hydrogen) atoms. The maximum Gasteiger partial charge on any atom is 0.143 e. The van der Waals surface area contributed by atoms with Crippen molar-refractivity contribution in [1.29, 1.82) is 0 Å². The third-order valence-electron chi connectivity index (χ3n) is 12.4. The monoisotopic (exact) mass is 804 g/mol. The molecule has 2 aromatic heterocycles. The van der Waals surface area contributed by atoms with E-state index in [2.05, 4.69) is 246 Å². The minimum atomic E-state index is 0.884. The number of nitrogens with zero attached hydrogens (tertiary/aromatic N) is 2. The minimum Gasteiger partial charge on any atom is -0.455 e. The van der Waals surface area contributed by atoms with Gasteiger partial charge in [0.15, 0.2) is 0 Å². The van der Waals surface area contributed by atoms with Crippen molar-refractivity contribution >= 4 is 60.8 Å². The Morgan fingerprint density at radius 3 is 1.68 bits per heavy atom. The number of fused-ring (bicyclic) bond motifs is 6. The number of anilines is 3. The molecule has 2 heterocycles. The third kappa shape index (κ3) is 6.29. The normalized spacial score (nSPS) is 11.5. The molecule has 0 atom stereocenters. The van der Waals surface area contributed by atoms with E-state index in [-0.39, 0.29) is 0 Å². The summed E-state index contributed by atoms with van der Waals surface area (Å²) in [5, 5.41) is 4.64. The van der Waals surface area contributed by atoms with Crippen LogP contribution in [0.2, 0.25) is 0 Å². The van der Waals surface area contributed by atoms with Crippen LogP contribution in [-0.4, -0.2) is 4.57 Å². The van der Waals surface area contributed by atoms with Gasteiger partial charge in [0, 0.05) is 49.7 Å². The summed E-state index contributed by atoms with van der Waals surface area (Å²) in [6.45, 7) is 0. The Hall–Kier alpha value is -8.40. The number of benzene rings is 10. The van der Waals surface area contributed by atoms with Crippen molar-refractivity contribution in [3.63, 3.8) is 0 Å². The van der Waals surface area contributed by atoms with Gasteiger partial charge in [-0.05, 0) is 88.0 Å². The van der Waals surface area contributed by atoms with E-state index < -0.39 is 0 Å². The Labute approximate surface area is 366 Å². The van der Waals surface area contributed by atoms with Crippen molar-refractivity contribution in [3.8, 4) is 50.2 Å². The van der Waals surface area contributed by atoms with Crippen molar-refractivity contribution < 1.29 is 4.42 Å². The van der Waals surface area contributed by atoms with Crippen molar-refractivity contribution in [1.82, 2.24) is 4.57 Å². The Kier molecular flexibility index (Phi) is 8.83. The molecule has 0 amide bonds. The summed E-state index contributed by atoms with van der Waals surface area (Å²) in [4.78, 5) is 2.40. The van der Waals surface area contributed by atoms with Gasteiger partial charge in [0.2, 0.25) is 0 Å². The topological polar surface area (TPSA) is 21.3 Å².